The molecule has 5 heteroatoms. The van der Waals surface area contributed by atoms with Crippen LogP contribution in [0.25, 0.3) is 0 Å². The van der Waals surface area contributed by atoms with Gasteiger partial charge in [0.1, 0.15) is 0 Å². The van der Waals surface area contributed by atoms with Crippen molar-refractivity contribution in [2.24, 2.45) is 0 Å². The molecule has 1 fully saturated rings. The molecule has 13 heavy (non-hydrogen) atoms. The third-order valence-electron chi connectivity index (χ3n) is 2.14. The molecule has 0 aromatic carbocycles. The quantitative estimate of drug-likeness (QED) is 0.782. The Balaban J connectivity index is 1.72. The van der Waals surface area contributed by atoms with Gasteiger partial charge in [-0.25, -0.2) is 0 Å². The van der Waals surface area contributed by atoms with Gasteiger partial charge in [-0.05, 0) is 24.4 Å². The zero-order valence-electron chi connectivity index (χ0n) is 7.40. The Bertz CT molecular complexity index is 234. The molecular weight excluding hydrogens is 186 g/mol. The van der Waals surface area contributed by atoms with Crippen LogP contribution in [0.1, 0.15) is 18.5 Å². The molecule has 0 aliphatic carbocycles. The number of ether oxygens (including phenoxy) is 1. The first-order valence-electron chi connectivity index (χ1n) is 4.52. The molecule has 4 nitrogen and oxygen atoms in total. The topological polar surface area (TPSA) is 47.0 Å². The van der Waals surface area contributed by atoms with Crippen molar-refractivity contribution in [3.05, 3.63) is 11.1 Å². The number of hydrogen-bond donors (Lipinski definition) is 1. The Kier molecular flexibility index (Phi) is 3.23. The highest BCUT2D eigenvalue weighted by Crippen LogP contribution is 2.06. The first-order valence-corrected chi connectivity index (χ1v) is 5.36. The summed E-state index contributed by atoms with van der Waals surface area (Å²) in [7, 11) is 0. The van der Waals surface area contributed by atoms with Gasteiger partial charge in [-0.15, -0.1) is 5.10 Å². The Morgan fingerprint density at radius 1 is 1.69 bits per heavy atom. The second kappa shape index (κ2) is 4.64. The predicted octanol–water partition coefficient (Wildman–Crippen LogP) is 0.807. The van der Waals surface area contributed by atoms with E-state index in [0.717, 1.165) is 31.9 Å². The summed E-state index contributed by atoms with van der Waals surface area (Å²) in [4.78, 5) is 0. The smallest absolute Gasteiger partial charge is 0.0893 e. The molecule has 0 saturated carbocycles. The molecule has 1 aromatic heterocycles. The monoisotopic (exact) mass is 199 g/mol. The number of aromatic nitrogens is 2. The molecule has 0 amide bonds. The molecule has 1 aromatic rings. The fraction of sp³-hybridized carbons (Fsp3) is 0.750. The molecule has 0 bridgehead atoms. The van der Waals surface area contributed by atoms with Gasteiger partial charge in [0, 0.05) is 24.6 Å². The molecule has 1 atom stereocenters. The highest BCUT2D eigenvalue weighted by atomic mass is 32.1. The van der Waals surface area contributed by atoms with Gasteiger partial charge in [0.05, 0.1) is 12.3 Å². The van der Waals surface area contributed by atoms with E-state index in [-0.39, 0.29) is 0 Å². The van der Waals surface area contributed by atoms with Gasteiger partial charge >= 0.3 is 0 Å². The highest BCUT2D eigenvalue weighted by Gasteiger charge is 2.12. The lowest BCUT2D eigenvalue weighted by atomic mass is 10.1. The standard InChI is InChI=1S/C8H13N3OS/c1-2-7(5-12-3-1)9-4-8-6-13-11-10-8/h6-7,9H,1-5H2/t7-/m1/s1. The van der Waals surface area contributed by atoms with Crippen molar-refractivity contribution in [1.82, 2.24) is 14.9 Å². The third-order valence-corrected chi connectivity index (χ3v) is 2.69. The van der Waals surface area contributed by atoms with Gasteiger partial charge < -0.3 is 10.1 Å². The first kappa shape index (κ1) is 9.05. The Hall–Kier alpha value is -0.520. The maximum Gasteiger partial charge on any atom is 0.0893 e. The zero-order valence-corrected chi connectivity index (χ0v) is 8.22. The number of nitrogens with one attached hydrogen (secondary N) is 1. The summed E-state index contributed by atoms with van der Waals surface area (Å²) >= 11 is 1.39. The van der Waals surface area contributed by atoms with Gasteiger partial charge in [-0.1, -0.05) is 4.49 Å². The van der Waals surface area contributed by atoms with E-state index in [2.05, 4.69) is 14.9 Å². The van der Waals surface area contributed by atoms with E-state index in [1.165, 1.54) is 18.0 Å². The zero-order chi connectivity index (χ0) is 8.93. The van der Waals surface area contributed by atoms with Crippen LogP contribution in [-0.2, 0) is 11.3 Å². The minimum absolute atomic E-state index is 0.496. The number of nitrogens with zero attached hydrogens (tertiary/aromatic N) is 2. The number of hydrogen-bond acceptors (Lipinski definition) is 5. The van der Waals surface area contributed by atoms with Crippen LogP contribution in [0, 0.1) is 0 Å². The van der Waals surface area contributed by atoms with Crippen LogP contribution in [0.15, 0.2) is 5.38 Å². The van der Waals surface area contributed by atoms with Crippen LogP contribution in [-0.4, -0.2) is 28.8 Å². The maximum atomic E-state index is 5.36. The van der Waals surface area contributed by atoms with Crippen molar-refractivity contribution in [1.29, 1.82) is 0 Å². The van der Waals surface area contributed by atoms with Crippen molar-refractivity contribution >= 4 is 11.5 Å². The van der Waals surface area contributed by atoms with E-state index in [1.807, 2.05) is 5.38 Å². The van der Waals surface area contributed by atoms with E-state index in [9.17, 15) is 0 Å². The molecule has 0 radical (unpaired) electrons. The normalized spacial score (nSPS) is 23.2. The summed E-state index contributed by atoms with van der Waals surface area (Å²) in [5.41, 5.74) is 1.02. The fourth-order valence-electron chi connectivity index (χ4n) is 1.41. The summed E-state index contributed by atoms with van der Waals surface area (Å²) < 4.78 is 9.16. The maximum absolute atomic E-state index is 5.36. The van der Waals surface area contributed by atoms with Crippen molar-refractivity contribution in [2.45, 2.75) is 25.4 Å². The lowest BCUT2D eigenvalue weighted by molar-refractivity contribution is 0.0698. The molecular formula is C8H13N3OS. The van der Waals surface area contributed by atoms with E-state index in [4.69, 9.17) is 4.74 Å². The largest absolute Gasteiger partial charge is 0.380 e. The second-order valence-corrected chi connectivity index (χ2v) is 3.80. The molecule has 1 aliphatic rings. The van der Waals surface area contributed by atoms with Crippen molar-refractivity contribution < 1.29 is 4.74 Å². The van der Waals surface area contributed by atoms with Crippen LogP contribution in [0.2, 0.25) is 0 Å². The lowest BCUT2D eigenvalue weighted by Gasteiger charge is -2.22. The van der Waals surface area contributed by atoms with Crippen molar-refractivity contribution in [3.63, 3.8) is 0 Å². The number of rotatable bonds is 3. The second-order valence-electron chi connectivity index (χ2n) is 3.19. The van der Waals surface area contributed by atoms with E-state index >= 15 is 0 Å². The van der Waals surface area contributed by atoms with Crippen LogP contribution in [0.5, 0.6) is 0 Å². The summed E-state index contributed by atoms with van der Waals surface area (Å²) in [5, 5.41) is 9.34. The van der Waals surface area contributed by atoms with Crippen molar-refractivity contribution in [3.8, 4) is 0 Å². The van der Waals surface area contributed by atoms with Gasteiger partial charge in [-0.3, -0.25) is 0 Å². The lowest BCUT2D eigenvalue weighted by Crippen LogP contribution is -2.36. The fourth-order valence-corrected chi connectivity index (χ4v) is 1.86. The Morgan fingerprint density at radius 2 is 2.69 bits per heavy atom. The molecule has 1 saturated heterocycles. The van der Waals surface area contributed by atoms with Crippen LogP contribution in [0.3, 0.4) is 0 Å². The predicted molar refractivity (Wildman–Crippen MR) is 50.6 cm³/mol. The van der Waals surface area contributed by atoms with Gasteiger partial charge in [-0.2, -0.15) is 0 Å². The Morgan fingerprint density at radius 3 is 3.38 bits per heavy atom. The molecule has 1 N–H and O–H groups in total. The SMILES string of the molecule is c1snnc1CN[C@@H]1CCCOC1. The summed E-state index contributed by atoms with van der Waals surface area (Å²) in [6, 6.07) is 0.496. The van der Waals surface area contributed by atoms with Gasteiger partial charge in [0.25, 0.3) is 0 Å². The van der Waals surface area contributed by atoms with Crippen LogP contribution in [0.4, 0.5) is 0 Å². The minimum Gasteiger partial charge on any atom is -0.380 e. The Labute approximate surface area is 81.5 Å². The first-order chi connectivity index (χ1) is 6.45. The van der Waals surface area contributed by atoms with Gasteiger partial charge in [0.15, 0.2) is 0 Å². The minimum atomic E-state index is 0.496. The molecule has 2 rings (SSSR count). The average Bonchev–Trinajstić information content (AvgIpc) is 2.69. The van der Waals surface area contributed by atoms with Crippen LogP contribution >= 0.6 is 11.5 Å². The summed E-state index contributed by atoms with van der Waals surface area (Å²) in [5.74, 6) is 0. The van der Waals surface area contributed by atoms with E-state index < -0.39 is 0 Å². The van der Waals surface area contributed by atoms with Crippen LogP contribution < -0.4 is 5.32 Å². The molecule has 0 unspecified atom stereocenters. The van der Waals surface area contributed by atoms with E-state index in [1.54, 1.807) is 0 Å². The molecule has 0 spiro atoms. The molecule has 2 heterocycles. The highest BCUT2D eigenvalue weighted by molar-refractivity contribution is 7.03. The van der Waals surface area contributed by atoms with Gasteiger partial charge in [0.2, 0.25) is 0 Å². The summed E-state index contributed by atoms with van der Waals surface area (Å²) in [6.07, 6.45) is 2.37. The molecule has 72 valence electrons. The van der Waals surface area contributed by atoms with Crippen molar-refractivity contribution in [2.75, 3.05) is 13.2 Å². The third kappa shape index (κ3) is 2.72. The average molecular weight is 199 g/mol. The summed E-state index contributed by atoms with van der Waals surface area (Å²) in [6.45, 7) is 2.55. The van der Waals surface area contributed by atoms with E-state index in [0.29, 0.717) is 6.04 Å². The molecule has 1 aliphatic heterocycles.